The Morgan fingerprint density at radius 3 is 2.30 bits per heavy atom. The monoisotopic (exact) mass is 308 g/mol. The molecule has 20 heavy (non-hydrogen) atoms. The molecule has 0 aliphatic carbocycles. The number of aromatic nitrogens is 3. The Morgan fingerprint density at radius 2 is 1.70 bits per heavy atom. The van der Waals surface area contributed by atoms with Crippen molar-refractivity contribution in [2.45, 2.75) is 30.8 Å². The fraction of sp³-hybridized carbons (Fsp3) is 0.357. The summed E-state index contributed by atoms with van der Waals surface area (Å²) in [6.07, 6.45) is 0. The Hall–Kier alpha value is -1.33. The zero-order chi connectivity index (χ0) is 14.5. The van der Waals surface area contributed by atoms with Gasteiger partial charge in [-0.25, -0.2) is 0 Å². The zero-order valence-corrected chi connectivity index (χ0v) is 13.4. The summed E-state index contributed by atoms with van der Waals surface area (Å²) < 4.78 is 0. The molecule has 4 nitrogen and oxygen atoms in total. The van der Waals surface area contributed by atoms with Crippen LogP contribution in [0.2, 0.25) is 5.28 Å². The second kappa shape index (κ2) is 6.90. The van der Waals surface area contributed by atoms with E-state index in [2.05, 4.69) is 60.0 Å². The topological polar surface area (TPSA) is 41.9 Å². The van der Waals surface area contributed by atoms with Crippen molar-refractivity contribution < 1.29 is 0 Å². The fourth-order valence-electron chi connectivity index (χ4n) is 1.73. The van der Waals surface area contributed by atoms with E-state index in [0.717, 1.165) is 18.0 Å². The van der Waals surface area contributed by atoms with Crippen LogP contribution in [0.3, 0.4) is 0 Å². The Kier molecular flexibility index (Phi) is 5.20. The minimum absolute atomic E-state index is 0.233. The third-order valence-electron chi connectivity index (χ3n) is 2.85. The summed E-state index contributed by atoms with van der Waals surface area (Å²) in [6, 6.07) is 8.23. The van der Waals surface area contributed by atoms with E-state index in [-0.39, 0.29) is 5.28 Å². The highest BCUT2D eigenvalue weighted by Crippen LogP contribution is 2.26. The van der Waals surface area contributed by atoms with Crippen LogP contribution >= 0.6 is 23.4 Å². The second-order valence-corrected chi connectivity index (χ2v) is 5.65. The maximum Gasteiger partial charge on any atom is 0.230 e. The fourth-order valence-corrected chi connectivity index (χ4v) is 2.68. The lowest BCUT2D eigenvalue weighted by molar-refractivity contribution is 0.782. The minimum atomic E-state index is 0.233. The largest absolute Gasteiger partial charge is 0.341 e. The highest BCUT2D eigenvalue weighted by atomic mass is 35.5. The first-order valence-corrected chi connectivity index (χ1v) is 7.72. The molecule has 1 aromatic carbocycles. The summed E-state index contributed by atoms with van der Waals surface area (Å²) >= 11 is 7.49. The van der Waals surface area contributed by atoms with Crippen LogP contribution in [-0.2, 0) is 0 Å². The van der Waals surface area contributed by atoms with Gasteiger partial charge in [0.1, 0.15) is 0 Å². The average molecular weight is 309 g/mol. The number of halogens is 1. The SMILES string of the molecule is CCN(CC)c1nc(Cl)nc(Sc2ccc(C)cc2)n1. The van der Waals surface area contributed by atoms with Gasteiger partial charge in [0.25, 0.3) is 0 Å². The predicted molar refractivity (Wildman–Crippen MR) is 83.7 cm³/mol. The highest BCUT2D eigenvalue weighted by Gasteiger charge is 2.11. The molecule has 0 N–H and O–H groups in total. The summed E-state index contributed by atoms with van der Waals surface area (Å²) in [5, 5.41) is 0.854. The molecule has 0 aliphatic rings. The molecule has 0 aliphatic heterocycles. The molecule has 0 atom stereocenters. The summed E-state index contributed by atoms with van der Waals surface area (Å²) in [4.78, 5) is 16.0. The highest BCUT2D eigenvalue weighted by molar-refractivity contribution is 7.99. The standard InChI is InChI=1S/C14H17ClN4S/c1-4-19(5-2)13-16-12(15)17-14(18-13)20-11-8-6-10(3)7-9-11/h6-9H,4-5H2,1-3H3. The normalized spacial score (nSPS) is 10.6. The lowest BCUT2D eigenvalue weighted by atomic mass is 10.2. The average Bonchev–Trinajstić information content (AvgIpc) is 2.42. The number of anilines is 1. The second-order valence-electron chi connectivity index (χ2n) is 4.27. The van der Waals surface area contributed by atoms with Crippen molar-refractivity contribution in [2.24, 2.45) is 0 Å². The Bertz CT molecular complexity index is 570. The lowest BCUT2D eigenvalue weighted by Gasteiger charge is -2.18. The number of nitrogens with zero attached hydrogens (tertiary/aromatic N) is 4. The number of aryl methyl sites for hydroxylation is 1. The van der Waals surface area contributed by atoms with Crippen molar-refractivity contribution in [3.8, 4) is 0 Å². The molecule has 1 heterocycles. The number of rotatable bonds is 5. The Balaban J connectivity index is 2.25. The molecule has 0 saturated carbocycles. The molecule has 0 saturated heterocycles. The molecule has 0 amide bonds. The van der Waals surface area contributed by atoms with Gasteiger partial charge in [0.15, 0.2) is 5.16 Å². The molecule has 0 bridgehead atoms. The van der Waals surface area contributed by atoms with E-state index >= 15 is 0 Å². The maximum atomic E-state index is 6.00. The van der Waals surface area contributed by atoms with E-state index in [1.165, 1.54) is 17.3 Å². The molecule has 106 valence electrons. The van der Waals surface area contributed by atoms with E-state index in [0.29, 0.717) is 11.1 Å². The molecular weight excluding hydrogens is 292 g/mol. The van der Waals surface area contributed by atoms with Crippen LogP contribution in [0.5, 0.6) is 0 Å². The molecule has 0 unspecified atom stereocenters. The summed E-state index contributed by atoms with van der Waals surface area (Å²) in [5.41, 5.74) is 1.23. The first-order chi connectivity index (χ1) is 9.62. The van der Waals surface area contributed by atoms with E-state index < -0.39 is 0 Å². The van der Waals surface area contributed by atoms with Crippen LogP contribution in [0.1, 0.15) is 19.4 Å². The molecule has 0 radical (unpaired) electrons. The van der Waals surface area contributed by atoms with Gasteiger partial charge in [-0.1, -0.05) is 17.7 Å². The van der Waals surface area contributed by atoms with Crippen molar-refractivity contribution in [3.05, 3.63) is 35.1 Å². The third-order valence-corrected chi connectivity index (χ3v) is 3.89. The van der Waals surface area contributed by atoms with Crippen LogP contribution in [-0.4, -0.2) is 28.0 Å². The predicted octanol–water partition coefficient (Wildman–Crippen LogP) is 3.83. The number of hydrogen-bond donors (Lipinski definition) is 0. The van der Waals surface area contributed by atoms with Gasteiger partial charge in [-0.3, -0.25) is 0 Å². The number of hydrogen-bond acceptors (Lipinski definition) is 5. The van der Waals surface area contributed by atoms with Crippen LogP contribution in [0.15, 0.2) is 34.3 Å². The van der Waals surface area contributed by atoms with Gasteiger partial charge < -0.3 is 4.90 Å². The van der Waals surface area contributed by atoms with Crippen molar-refractivity contribution in [3.63, 3.8) is 0 Å². The van der Waals surface area contributed by atoms with E-state index in [9.17, 15) is 0 Å². The smallest absolute Gasteiger partial charge is 0.230 e. The Labute approximate surface area is 128 Å². The summed E-state index contributed by atoms with van der Waals surface area (Å²) in [6.45, 7) is 7.87. The summed E-state index contributed by atoms with van der Waals surface area (Å²) in [5.74, 6) is 0.629. The number of benzene rings is 1. The quantitative estimate of drug-likeness (QED) is 0.839. The van der Waals surface area contributed by atoms with Crippen molar-refractivity contribution in [2.75, 3.05) is 18.0 Å². The minimum Gasteiger partial charge on any atom is -0.341 e. The molecule has 2 aromatic rings. The van der Waals surface area contributed by atoms with E-state index in [1.54, 1.807) is 0 Å². The molecular formula is C14H17ClN4S. The first-order valence-electron chi connectivity index (χ1n) is 6.53. The van der Waals surface area contributed by atoms with E-state index in [1.807, 2.05) is 4.90 Å². The molecule has 1 aromatic heterocycles. The van der Waals surface area contributed by atoms with Crippen LogP contribution in [0.4, 0.5) is 5.95 Å². The molecule has 2 rings (SSSR count). The van der Waals surface area contributed by atoms with Gasteiger partial charge in [0, 0.05) is 18.0 Å². The van der Waals surface area contributed by atoms with Gasteiger partial charge in [-0.2, -0.15) is 15.0 Å². The van der Waals surface area contributed by atoms with Crippen molar-refractivity contribution in [1.82, 2.24) is 15.0 Å². The van der Waals surface area contributed by atoms with Gasteiger partial charge >= 0.3 is 0 Å². The van der Waals surface area contributed by atoms with Crippen molar-refractivity contribution >= 4 is 29.3 Å². The van der Waals surface area contributed by atoms with Crippen molar-refractivity contribution in [1.29, 1.82) is 0 Å². The zero-order valence-electron chi connectivity index (χ0n) is 11.8. The third kappa shape index (κ3) is 3.84. The summed E-state index contributed by atoms with van der Waals surface area (Å²) in [7, 11) is 0. The molecule has 6 heteroatoms. The molecule has 0 spiro atoms. The first kappa shape index (κ1) is 15.1. The van der Waals surface area contributed by atoms with Gasteiger partial charge in [0.2, 0.25) is 11.2 Å². The van der Waals surface area contributed by atoms with Gasteiger partial charge in [-0.05, 0) is 56.3 Å². The molecule has 0 fully saturated rings. The lowest BCUT2D eigenvalue weighted by Crippen LogP contribution is -2.24. The van der Waals surface area contributed by atoms with Crippen LogP contribution in [0.25, 0.3) is 0 Å². The van der Waals surface area contributed by atoms with Gasteiger partial charge in [-0.15, -0.1) is 0 Å². The Morgan fingerprint density at radius 1 is 1.05 bits per heavy atom. The van der Waals surface area contributed by atoms with E-state index in [4.69, 9.17) is 11.6 Å². The van der Waals surface area contributed by atoms with Crippen LogP contribution < -0.4 is 4.90 Å². The van der Waals surface area contributed by atoms with Gasteiger partial charge in [0.05, 0.1) is 0 Å². The van der Waals surface area contributed by atoms with Crippen LogP contribution in [0, 0.1) is 6.92 Å². The maximum absolute atomic E-state index is 6.00.